The van der Waals surface area contributed by atoms with Gasteiger partial charge in [-0.15, -0.1) is 0 Å². The van der Waals surface area contributed by atoms with Crippen LogP contribution in [0.2, 0.25) is 0 Å². The van der Waals surface area contributed by atoms with Crippen molar-refractivity contribution in [3.05, 3.63) is 0 Å². The van der Waals surface area contributed by atoms with Gasteiger partial charge in [0.05, 0.1) is 0 Å². The molecule has 16 heavy (non-hydrogen) atoms. The molecule has 0 spiro atoms. The van der Waals surface area contributed by atoms with E-state index in [1.165, 1.54) is 0 Å². The summed E-state index contributed by atoms with van der Waals surface area (Å²) in [5, 5.41) is 8.93. The molecule has 2 atom stereocenters. The second kappa shape index (κ2) is 5.12. The number of piperazine rings is 1. The number of nitrogens with two attached hydrogens (primary N) is 1. The molecule has 2 unspecified atom stereocenters. The average molecular weight is 229 g/mol. The van der Waals surface area contributed by atoms with Gasteiger partial charge in [0, 0.05) is 32.2 Å². The van der Waals surface area contributed by atoms with Crippen LogP contribution < -0.4 is 5.73 Å². The zero-order valence-corrected chi connectivity index (χ0v) is 10.4. The number of carboxylic acid groups (broad SMARTS) is 1. The number of rotatable bonds is 4. The molecule has 1 fully saturated rings. The SMILES string of the molecule is CC1CN(C)CCN1CCC(C)(N)C(=O)O. The Balaban J connectivity index is 2.41. The molecule has 0 aliphatic carbocycles. The van der Waals surface area contributed by atoms with Gasteiger partial charge in [0.2, 0.25) is 0 Å². The van der Waals surface area contributed by atoms with Crippen LogP contribution in [0.4, 0.5) is 0 Å². The topological polar surface area (TPSA) is 69.8 Å². The van der Waals surface area contributed by atoms with Crippen LogP contribution >= 0.6 is 0 Å². The molecule has 3 N–H and O–H groups in total. The third-order valence-electron chi connectivity index (χ3n) is 3.38. The van der Waals surface area contributed by atoms with Crippen molar-refractivity contribution >= 4 is 5.97 Å². The van der Waals surface area contributed by atoms with Crippen LogP contribution in [0.3, 0.4) is 0 Å². The molecule has 0 aromatic rings. The largest absolute Gasteiger partial charge is 0.480 e. The molecule has 5 heteroatoms. The fraction of sp³-hybridized carbons (Fsp3) is 0.909. The lowest BCUT2D eigenvalue weighted by atomic mass is 9.99. The third-order valence-corrected chi connectivity index (χ3v) is 3.38. The summed E-state index contributed by atoms with van der Waals surface area (Å²) in [4.78, 5) is 15.5. The number of aliphatic carboxylic acids is 1. The van der Waals surface area contributed by atoms with Crippen LogP contribution in [-0.2, 0) is 4.79 Å². The predicted octanol–water partition coefficient (Wildman–Crippen LogP) is -0.186. The van der Waals surface area contributed by atoms with E-state index in [4.69, 9.17) is 10.8 Å². The first-order valence-electron chi connectivity index (χ1n) is 5.78. The number of carbonyl (C=O) groups is 1. The first kappa shape index (κ1) is 13.4. The molecule has 1 heterocycles. The summed E-state index contributed by atoms with van der Waals surface area (Å²) in [5.41, 5.74) is 4.60. The van der Waals surface area contributed by atoms with Gasteiger partial charge < -0.3 is 15.7 Å². The lowest BCUT2D eigenvalue weighted by molar-refractivity contribution is -0.143. The molecule has 1 aliphatic rings. The maximum Gasteiger partial charge on any atom is 0.323 e. The molecule has 0 amide bonds. The number of likely N-dealkylation sites (N-methyl/N-ethyl adjacent to an activating group) is 1. The molecule has 0 aromatic carbocycles. The molecule has 0 bridgehead atoms. The average Bonchev–Trinajstić information content (AvgIpc) is 2.16. The van der Waals surface area contributed by atoms with Crippen molar-refractivity contribution < 1.29 is 9.90 Å². The van der Waals surface area contributed by atoms with Crippen molar-refractivity contribution in [2.24, 2.45) is 5.73 Å². The Hall–Kier alpha value is -0.650. The molecule has 0 radical (unpaired) electrons. The summed E-state index contributed by atoms with van der Waals surface area (Å²) in [7, 11) is 2.11. The molecule has 0 aromatic heterocycles. The quantitative estimate of drug-likeness (QED) is 0.699. The molecule has 1 aliphatic heterocycles. The van der Waals surface area contributed by atoms with Gasteiger partial charge in [-0.3, -0.25) is 9.69 Å². The lowest BCUT2D eigenvalue weighted by Crippen LogP contribution is -2.53. The van der Waals surface area contributed by atoms with E-state index in [0.29, 0.717) is 12.5 Å². The van der Waals surface area contributed by atoms with Crippen LogP contribution in [0, 0.1) is 0 Å². The highest BCUT2D eigenvalue weighted by molar-refractivity contribution is 5.77. The van der Waals surface area contributed by atoms with Crippen LogP contribution in [0.5, 0.6) is 0 Å². The predicted molar refractivity (Wildman–Crippen MR) is 63.4 cm³/mol. The minimum atomic E-state index is -1.11. The minimum Gasteiger partial charge on any atom is -0.480 e. The molecule has 1 rings (SSSR count). The second-order valence-corrected chi connectivity index (χ2v) is 5.12. The zero-order valence-electron chi connectivity index (χ0n) is 10.4. The van der Waals surface area contributed by atoms with Gasteiger partial charge in [0.15, 0.2) is 0 Å². The molecule has 5 nitrogen and oxygen atoms in total. The Kier molecular flexibility index (Phi) is 4.29. The summed E-state index contributed by atoms with van der Waals surface area (Å²) in [6, 6.07) is 0.475. The van der Waals surface area contributed by atoms with Crippen molar-refractivity contribution in [3.63, 3.8) is 0 Å². The van der Waals surface area contributed by atoms with Crippen LogP contribution in [0.1, 0.15) is 20.3 Å². The Bertz CT molecular complexity index is 256. The van der Waals surface area contributed by atoms with Gasteiger partial charge in [-0.2, -0.15) is 0 Å². The van der Waals surface area contributed by atoms with Crippen molar-refractivity contribution in [2.45, 2.75) is 31.8 Å². The minimum absolute atomic E-state index is 0.475. The van der Waals surface area contributed by atoms with E-state index in [0.717, 1.165) is 26.2 Å². The number of hydrogen-bond donors (Lipinski definition) is 2. The number of carboxylic acids is 1. The highest BCUT2D eigenvalue weighted by Gasteiger charge is 2.30. The fourth-order valence-electron chi connectivity index (χ4n) is 1.99. The standard InChI is InChI=1S/C11H23N3O2/c1-9-8-13(3)6-7-14(9)5-4-11(2,12)10(15)16/h9H,4-8,12H2,1-3H3,(H,15,16). The molecular formula is C11H23N3O2. The lowest BCUT2D eigenvalue weighted by Gasteiger charge is -2.39. The summed E-state index contributed by atoms with van der Waals surface area (Å²) >= 11 is 0. The fourth-order valence-corrected chi connectivity index (χ4v) is 1.99. The Morgan fingerprint density at radius 1 is 1.56 bits per heavy atom. The summed E-state index contributed by atoms with van der Waals surface area (Å²) in [6.45, 7) is 7.58. The van der Waals surface area contributed by atoms with E-state index in [-0.39, 0.29) is 0 Å². The van der Waals surface area contributed by atoms with Gasteiger partial charge in [0.1, 0.15) is 5.54 Å². The number of hydrogen-bond acceptors (Lipinski definition) is 4. The second-order valence-electron chi connectivity index (χ2n) is 5.12. The summed E-state index contributed by atoms with van der Waals surface area (Å²) in [5.74, 6) is -0.922. The maximum atomic E-state index is 10.9. The van der Waals surface area contributed by atoms with E-state index >= 15 is 0 Å². The highest BCUT2D eigenvalue weighted by atomic mass is 16.4. The third kappa shape index (κ3) is 3.43. The first-order valence-corrected chi connectivity index (χ1v) is 5.78. The van der Waals surface area contributed by atoms with Crippen molar-refractivity contribution in [3.8, 4) is 0 Å². The van der Waals surface area contributed by atoms with Crippen molar-refractivity contribution in [1.29, 1.82) is 0 Å². The van der Waals surface area contributed by atoms with Crippen molar-refractivity contribution in [2.75, 3.05) is 33.2 Å². The molecule has 1 saturated heterocycles. The Morgan fingerprint density at radius 3 is 2.69 bits per heavy atom. The van der Waals surface area contributed by atoms with Crippen LogP contribution in [0.25, 0.3) is 0 Å². The van der Waals surface area contributed by atoms with Gasteiger partial charge in [-0.1, -0.05) is 0 Å². The van der Waals surface area contributed by atoms with Gasteiger partial charge in [-0.05, 0) is 27.3 Å². The first-order chi connectivity index (χ1) is 7.33. The maximum absolute atomic E-state index is 10.9. The molecule has 0 saturated carbocycles. The van der Waals surface area contributed by atoms with E-state index in [1.54, 1.807) is 6.92 Å². The van der Waals surface area contributed by atoms with Crippen LogP contribution in [0.15, 0.2) is 0 Å². The van der Waals surface area contributed by atoms with Gasteiger partial charge in [-0.25, -0.2) is 0 Å². The summed E-state index contributed by atoms with van der Waals surface area (Å²) in [6.07, 6.45) is 0.496. The number of nitrogens with zero attached hydrogens (tertiary/aromatic N) is 2. The normalized spacial score (nSPS) is 27.6. The molecule has 94 valence electrons. The monoisotopic (exact) mass is 229 g/mol. The molecular weight excluding hydrogens is 206 g/mol. The summed E-state index contributed by atoms with van der Waals surface area (Å²) < 4.78 is 0. The Labute approximate surface area is 97.2 Å². The van der Waals surface area contributed by atoms with Gasteiger partial charge >= 0.3 is 5.97 Å². The van der Waals surface area contributed by atoms with Gasteiger partial charge in [0.25, 0.3) is 0 Å². The van der Waals surface area contributed by atoms with E-state index < -0.39 is 11.5 Å². The van der Waals surface area contributed by atoms with Crippen LogP contribution in [-0.4, -0.2) is 65.7 Å². The zero-order chi connectivity index (χ0) is 12.3. The Morgan fingerprint density at radius 2 is 2.19 bits per heavy atom. The smallest absolute Gasteiger partial charge is 0.323 e. The van der Waals surface area contributed by atoms with Crippen molar-refractivity contribution in [1.82, 2.24) is 9.80 Å². The highest BCUT2D eigenvalue weighted by Crippen LogP contribution is 2.12. The van der Waals surface area contributed by atoms with E-state index in [9.17, 15) is 4.79 Å². The van der Waals surface area contributed by atoms with E-state index in [2.05, 4.69) is 23.8 Å². The van der Waals surface area contributed by atoms with E-state index in [1.807, 2.05) is 0 Å².